The molecule has 0 aromatic heterocycles. The van der Waals surface area contributed by atoms with Gasteiger partial charge in [-0.1, -0.05) is 36.7 Å². The molecule has 1 unspecified atom stereocenters. The number of carbonyl (C=O) groups is 1. The summed E-state index contributed by atoms with van der Waals surface area (Å²) in [6, 6.07) is 7.11. The first-order valence-corrected chi connectivity index (χ1v) is 4.84. The van der Waals surface area contributed by atoms with E-state index in [0.29, 0.717) is 0 Å². The fourth-order valence-corrected chi connectivity index (χ4v) is 1.34. The van der Waals surface area contributed by atoms with Crippen molar-refractivity contribution in [2.75, 3.05) is 13.0 Å². The number of hydrogen-bond acceptors (Lipinski definition) is 2. The smallest absolute Gasteiger partial charge is 0.287 e. The van der Waals surface area contributed by atoms with Crippen LogP contribution >= 0.6 is 0 Å². The van der Waals surface area contributed by atoms with E-state index in [1.807, 2.05) is 0 Å². The van der Waals surface area contributed by atoms with Crippen LogP contribution < -0.4 is 0 Å². The number of ketones is 1. The summed E-state index contributed by atoms with van der Waals surface area (Å²) >= 11 is 0. The van der Waals surface area contributed by atoms with Gasteiger partial charge >= 0.3 is 6.17 Å². The highest BCUT2D eigenvalue weighted by molar-refractivity contribution is 6.00. The third-order valence-electron chi connectivity index (χ3n) is 2.14. The third kappa shape index (κ3) is 2.72. The van der Waals surface area contributed by atoms with Crippen LogP contribution in [0.1, 0.15) is 43.2 Å². The Balaban J connectivity index is 2.72. The van der Waals surface area contributed by atoms with Crippen LogP contribution in [-0.4, -0.2) is 29.8 Å². The van der Waals surface area contributed by atoms with Crippen LogP contribution in [0.3, 0.4) is 0 Å². The number of benzene rings is 1. The van der Waals surface area contributed by atoms with Gasteiger partial charge in [-0.2, -0.15) is 0 Å². The summed E-state index contributed by atoms with van der Waals surface area (Å²) in [4.78, 5) is 15.5. The Morgan fingerprint density at radius 2 is 1.94 bits per heavy atom. The van der Waals surface area contributed by atoms with Crippen LogP contribution in [0, 0.1) is 6.57 Å². The van der Waals surface area contributed by atoms with Crippen molar-refractivity contribution in [2.45, 2.75) is 25.3 Å². The fraction of sp³-hybridized carbons (Fsp3) is 0.429. The molecule has 1 aliphatic heterocycles. The topological polar surface area (TPSA) is 24.7 Å². The van der Waals surface area contributed by atoms with Crippen LogP contribution in [0.5, 0.6) is 0 Å². The van der Waals surface area contributed by atoms with Gasteiger partial charge in [0.15, 0.2) is 0 Å². The zero-order chi connectivity index (χ0) is 21.1. The van der Waals surface area contributed by atoms with E-state index in [9.17, 15) is 4.79 Å². The lowest BCUT2D eigenvalue weighted by Crippen LogP contribution is -2.42. The summed E-state index contributed by atoms with van der Waals surface area (Å²) in [5.41, 5.74) is -0.0696. The number of piperidine rings is 1. The molecule has 0 radical (unpaired) electrons. The second-order valence-corrected chi connectivity index (χ2v) is 3.20. The van der Waals surface area contributed by atoms with Crippen LogP contribution in [0.4, 0.5) is 0 Å². The van der Waals surface area contributed by atoms with Gasteiger partial charge in [-0.3, -0.25) is 9.64 Å². The van der Waals surface area contributed by atoms with E-state index in [4.69, 9.17) is 20.3 Å². The Hall–Kier alpha value is -1.66. The van der Waals surface area contributed by atoms with Crippen LogP contribution in [0.25, 0.3) is 4.85 Å². The van der Waals surface area contributed by atoms with Crippen LogP contribution in [0.2, 0.25) is 0 Å². The van der Waals surface area contributed by atoms with Gasteiger partial charge in [0.25, 0.3) is 5.78 Å². The summed E-state index contributed by atoms with van der Waals surface area (Å²) in [5, 5.41) is 0. The molecule has 1 aliphatic rings. The lowest BCUT2D eigenvalue weighted by Gasteiger charge is -2.26. The van der Waals surface area contributed by atoms with E-state index in [1.54, 1.807) is 6.07 Å². The number of Topliss-reactive ketones (excluding diaryl/α,β-unsaturated/α-hetero) is 1. The Bertz CT molecular complexity index is 757. The largest absolute Gasteiger partial charge is 0.342 e. The van der Waals surface area contributed by atoms with Gasteiger partial charge < -0.3 is 0 Å². The zero-order valence-corrected chi connectivity index (χ0v) is 8.77. The van der Waals surface area contributed by atoms with E-state index in [-0.39, 0.29) is 10.5 Å². The van der Waals surface area contributed by atoms with Crippen molar-refractivity contribution in [3.8, 4) is 0 Å². The van der Waals surface area contributed by atoms with Crippen molar-refractivity contribution in [3.63, 3.8) is 0 Å². The van der Waals surface area contributed by atoms with Crippen molar-refractivity contribution in [1.29, 1.82) is 0 Å². The molecule has 17 heavy (non-hydrogen) atoms. The zero-order valence-electron chi connectivity index (χ0n) is 18.8. The predicted octanol–water partition coefficient (Wildman–Crippen LogP) is 2.60. The number of hydrogen-bond donors (Lipinski definition) is 0. The standard InChI is InChI=1S/C14H16N2O/c1-15-14(16-10-6-3-7-11-16)13(17)12-8-4-2-5-9-12/h2,4-5,8-9,14H,3,6-7,10-11H2/i3D2,6D2,7D2,10D2,11D2. The van der Waals surface area contributed by atoms with E-state index in [0.717, 1.165) is 0 Å². The van der Waals surface area contributed by atoms with Gasteiger partial charge in [0, 0.05) is 32.3 Å². The highest BCUT2D eigenvalue weighted by Crippen LogP contribution is 2.16. The van der Waals surface area contributed by atoms with E-state index in [1.165, 1.54) is 24.3 Å². The highest BCUT2D eigenvalue weighted by Gasteiger charge is 2.32. The maximum atomic E-state index is 12.7. The first kappa shape index (κ1) is 4.55. The number of nitrogens with zero attached hydrogens (tertiary/aromatic N) is 2. The molecular formula is C14H16N2O. The monoisotopic (exact) mass is 238 g/mol. The van der Waals surface area contributed by atoms with E-state index >= 15 is 0 Å². The minimum Gasteiger partial charge on any atom is -0.287 e. The average Bonchev–Trinajstić information content (AvgIpc) is 2.57. The molecule has 2 rings (SSSR count). The lowest BCUT2D eigenvalue weighted by molar-refractivity contribution is 0.0840. The van der Waals surface area contributed by atoms with Gasteiger partial charge in [-0.25, -0.2) is 11.5 Å². The molecule has 0 amide bonds. The SMILES string of the molecule is [2H]C1([2H])N(C([N+]#[C-])C(=O)c2ccccc2)C([2H])([2H])C([2H])([2H])C([2H])([2H])C1([2H])[2H]. The van der Waals surface area contributed by atoms with E-state index in [2.05, 4.69) is 4.85 Å². The third-order valence-corrected chi connectivity index (χ3v) is 2.14. The molecule has 0 bridgehead atoms. The maximum Gasteiger partial charge on any atom is 0.342 e. The molecule has 3 nitrogen and oxygen atoms in total. The summed E-state index contributed by atoms with van der Waals surface area (Å²) in [6.45, 7) is 0.260. The van der Waals surface area contributed by atoms with Crippen LogP contribution in [-0.2, 0) is 0 Å². The van der Waals surface area contributed by atoms with Crippen molar-refractivity contribution >= 4 is 5.78 Å². The van der Waals surface area contributed by atoms with Crippen molar-refractivity contribution in [2.24, 2.45) is 0 Å². The summed E-state index contributed by atoms with van der Waals surface area (Å²) in [5.74, 6) is -1.05. The van der Waals surface area contributed by atoms with Gasteiger partial charge in [-0.05, 0) is 12.7 Å². The Labute approximate surface area is 116 Å². The molecule has 1 fully saturated rings. The normalized spacial score (nSPS) is 41.8. The summed E-state index contributed by atoms with van der Waals surface area (Å²) in [6.07, 6.45) is -13.0. The Morgan fingerprint density at radius 1 is 1.29 bits per heavy atom. The van der Waals surface area contributed by atoms with Crippen molar-refractivity contribution < 1.29 is 18.5 Å². The minimum absolute atomic E-state index is 0.0696. The molecule has 3 heteroatoms. The minimum atomic E-state index is -3.59. The molecule has 0 spiro atoms. The lowest BCUT2D eigenvalue weighted by atomic mass is 10.1. The molecule has 1 saturated heterocycles. The first-order chi connectivity index (χ1) is 12.1. The number of carbonyl (C=O) groups excluding carboxylic acids is 1. The number of likely N-dealkylation sites (tertiary alicyclic amines) is 1. The molecule has 0 N–H and O–H groups in total. The first-order valence-electron chi connectivity index (χ1n) is 9.84. The maximum absolute atomic E-state index is 12.7. The fourth-order valence-electron chi connectivity index (χ4n) is 1.34. The molecule has 1 heterocycles. The molecule has 88 valence electrons. The number of rotatable bonds is 3. The van der Waals surface area contributed by atoms with Gasteiger partial charge in [0.2, 0.25) is 0 Å². The molecular weight excluding hydrogens is 212 g/mol. The van der Waals surface area contributed by atoms with Crippen molar-refractivity contribution in [1.82, 2.24) is 4.90 Å². The van der Waals surface area contributed by atoms with Crippen molar-refractivity contribution in [3.05, 3.63) is 47.3 Å². The average molecular weight is 238 g/mol. The Kier molecular flexibility index (Phi) is 1.50. The molecule has 1 aromatic rings. The predicted molar refractivity (Wildman–Crippen MR) is 66.6 cm³/mol. The molecule has 0 aliphatic carbocycles. The van der Waals surface area contributed by atoms with Gasteiger partial charge in [0.1, 0.15) is 0 Å². The van der Waals surface area contributed by atoms with E-state index < -0.39 is 44.1 Å². The Morgan fingerprint density at radius 3 is 2.53 bits per heavy atom. The van der Waals surface area contributed by atoms with Crippen LogP contribution in [0.15, 0.2) is 30.3 Å². The second kappa shape index (κ2) is 5.60. The summed E-state index contributed by atoms with van der Waals surface area (Å²) in [7, 11) is 0. The summed E-state index contributed by atoms with van der Waals surface area (Å²) < 4.78 is 79.1. The molecule has 1 aromatic carbocycles. The highest BCUT2D eigenvalue weighted by atomic mass is 16.1. The molecule has 0 saturated carbocycles. The van der Waals surface area contributed by atoms with Gasteiger partial charge in [-0.15, -0.1) is 0 Å². The second-order valence-electron chi connectivity index (χ2n) is 3.20. The molecule has 1 atom stereocenters. The quantitative estimate of drug-likeness (QED) is 0.597. The van der Waals surface area contributed by atoms with Gasteiger partial charge in [0.05, 0.1) is 0 Å².